The molecule has 0 aliphatic rings. The van der Waals surface area contributed by atoms with Crippen molar-refractivity contribution in [1.82, 2.24) is 0 Å². The van der Waals surface area contributed by atoms with Crippen LogP contribution in [0.1, 0.15) is 45.7 Å². The Labute approximate surface area is 122 Å². The van der Waals surface area contributed by atoms with E-state index in [-0.39, 0.29) is 5.41 Å². The van der Waals surface area contributed by atoms with E-state index < -0.39 is 5.60 Å². The average Bonchev–Trinajstić information content (AvgIpc) is 2.37. The van der Waals surface area contributed by atoms with Crippen LogP contribution in [0.2, 0.25) is 0 Å². The van der Waals surface area contributed by atoms with Crippen LogP contribution in [0.25, 0.3) is 11.1 Å². The van der Waals surface area contributed by atoms with E-state index in [1.54, 1.807) is 13.8 Å². The number of benzene rings is 2. The summed E-state index contributed by atoms with van der Waals surface area (Å²) in [5, 5.41) is 9.98. The van der Waals surface area contributed by atoms with Crippen molar-refractivity contribution in [3.63, 3.8) is 0 Å². The molecular weight excluding hydrogens is 244 g/mol. The summed E-state index contributed by atoms with van der Waals surface area (Å²) >= 11 is 0. The molecule has 20 heavy (non-hydrogen) atoms. The van der Waals surface area contributed by atoms with E-state index in [1.807, 2.05) is 12.1 Å². The van der Waals surface area contributed by atoms with E-state index in [2.05, 4.69) is 57.2 Å². The van der Waals surface area contributed by atoms with Gasteiger partial charge in [-0.3, -0.25) is 0 Å². The van der Waals surface area contributed by atoms with E-state index in [1.165, 1.54) is 16.7 Å². The zero-order valence-electron chi connectivity index (χ0n) is 13.1. The van der Waals surface area contributed by atoms with E-state index in [0.29, 0.717) is 0 Å². The molecule has 0 aliphatic heterocycles. The van der Waals surface area contributed by atoms with Crippen LogP contribution in [0.5, 0.6) is 0 Å². The van der Waals surface area contributed by atoms with Crippen LogP contribution in [-0.2, 0) is 11.0 Å². The minimum atomic E-state index is -0.783. The van der Waals surface area contributed by atoms with Crippen LogP contribution in [0.4, 0.5) is 0 Å². The molecular formula is C19H24O. The lowest BCUT2D eigenvalue weighted by Crippen LogP contribution is -2.14. The smallest absolute Gasteiger partial charge is 0.0840 e. The molecule has 0 amide bonds. The van der Waals surface area contributed by atoms with Gasteiger partial charge in [0.25, 0.3) is 0 Å². The maximum Gasteiger partial charge on any atom is 0.0840 e. The third-order valence-corrected chi connectivity index (χ3v) is 3.68. The predicted octanol–water partition coefficient (Wildman–Crippen LogP) is 4.88. The first-order valence-corrected chi connectivity index (χ1v) is 7.12. The minimum Gasteiger partial charge on any atom is -0.386 e. The van der Waals surface area contributed by atoms with Gasteiger partial charge in [-0.05, 0) is 41.5 Å². The van der Waals surface area contributed by atoms with Gasteiger partial charge in [-0.1, -0.05) is 69.3 Å². The van der Waals surface area contributed by atoms with Gasteiger partial charge in [0.15, 0.2) is 0 Å². The summed E-state index contributed by atoms with van der Waals surface area (Å²) in [6.45, 7) is 10.3. The molecule has 0 radical (unpaired) electrons. The fourth-order valence-electron chi connectivity index (χ4n) is 2.23. The maximum absolute atomic E-state index is 9.98. The van der Waals surface area contributed by atoms with E-state index in [0.717, 1.165) is 5.56 Å². The first-order chi connectivity index (χ1) is 9.18. The van der Waals surface area contributed by atoms with E-state index >= 15 is 0 Å². The zero-order chi connectivity index (χ0) is 15.0. The summed E-state index contributed by atoms with van der Waals surface area (Å²) < 4.78 is 0. The summed E-state index contributed by atoms with van der Waals surface area (Å²) in [4.78, 5) is 0. The van der Waals surface area contributed by atoms with Gasteiger partial charge in [-0.15, -0.1) is 0 Å². The molecule has 2 aromatic rings. The first-order valence-electron chi connectivity index (χ1n) is 7.12. The van der Waals surface area contributed by atoms with Gasteiger partial charge in [0.2, 0.25) is 0 Å². The van der Waals surface area contributed by atoms with Gasteiger partial charge in [0, 0.05) is 0 Å². The molecule has 0 bridgehead atoms. The third kappa shape index (κ3) is 3.29. The quantitative estimate of drug-likeness (QED) is 0.823. The van der Waals surface area contributed by atoms with Crippen LogP contribution in [0.15, 0.2) is 48.5 Å². The van der Waals surface area contributed by atoms with Crippen molar-refractivity contribution in [3.8, 4) is 11.1 Å². The highest BCUT2D eigenvalue weighted by molar-refractivity contribution is 5.64. The second-order valence-corrected chi connectivity index (χ2v) is 6.96. The highest BCUT2D eigenvalue weighted by Crippen LogP contribution is 2.27. The Kier molecular flexibility index (Phi) is 3.75. The molecule has 0 spiro atoms. The summed E-state index contributed by atoms with van der Waals surface area (Å²) in [5.41, 5.74) is 4.07. The monoisotopic (exact) mass is 268 g/mol. The van der Waals surface area contributed by atoms with Gasteiger partial charge in [0.1, 0.15) is 0 Å². The molecule has 106 valence electrons. The first kappa shape index (κ1) is 14.8. The zero-order valence-corrected chi connectivity index (χ0v) is 13.1. The van der Waals surface area contributed by atoms with Gasteiger partial charge in [0.05, 0.1) is 5.60 Å². The standard InChI is InChI=1S/C19H24O/c1-18(2,3)16-10-6-14(7-11-16)15-8-12-17(13-9-15)19(4,5)20/h6-13,20H,1-5H3. The fraction of sp³-hybridized carbons (Fsp3) is 0.368. The summed E-state index contributed by atoms with van der Waals surface area (Å²) in [7, 11) is 0. The minimum absolute atomic E-state index is 0.184. The van der Waals surface area contributed by atoms with Crippen molar-refractivity contribution < 1.29 is 5.11 Å². The highest BCUT2D eigenvalue weighted by Gasteiger charge is 2.16. The van der Waals surface area contributed by atoms with Crippen molar-refractivity contribution >= 4 is 0 Å². The number of hydrogen-bond donors (Lipinski definition) is 1. The molecule has 1 N–H and O–H groups in total. The van der Waals surface area contributed by atoms with Crippen molar-refractivity contribution in [1.29, 1.82) is 0 Å². The SMILES string of the molecule is CC(C)(C)c1ccc(-c2ccc(C(C)(C)O)cc2)cc1. The number of aliphatic hydroxyl groups is 1. The molecule has 0 heterocycles. The van der Waals surface area contributed by atoms with Gasteiger partial charge >= 0.3 is 0 Å². The molecule has 1 nitrogen and oxygen atoms in total. The summed E-state index contributed by atoms with van der Waals surface area (Å²) in [6.07, 6.45) is 0. The molecule has 0 atom stereocenters. The lowest BCUT2D eigenvalue weighted by atomic mass is 9.86. The number of rotatable bonds is 2. The van der Waals surface area contributed by atoms with Crippen LogP contribution in [0.3, 0.4) is 0 Å². The second kappa shape index (κ2) is 5.06. The second-order valence-electron chi connectivity index (χ2n) is 6.96. The van der Waals surface area contributed by atoms with Crippen LogP contribution >= 0.6 is 0 Å². The Balaban J connectivity index is 2.29. The molecule has 0 saturated carbocycles. The Morgan fingerprint density at radius 2 is 0.950 bits per heavy atom. The molecule has 1 heteroatoms. The normalized spacial score (nSPS) is 12.5. The average molecular weight is 268 g/mol. The Morgan fingerprint density at radius 1 is 0.600 bits per heavy atom. The van der Waals surface area contributed by atoms with Crippen molar-refractivity contribution in [2.45, 2.75) is 45.6 Å². The molecule has 2 aromatic carbocycles. The Morgan fingerprint density at radius 3 is 1.25 bits per heavy atom. The van der Waals surface area contributed by atoms with E-state index in [4.69, 9.17) is 0 Å². The summed E-state index contributed by atoms with van der Waals surface area (Å²) in [6, 6.07) is 16.8. The molecule has 2 rings (SSSR count). The predicted molar refractivity (Wildman–Crippen MR) is 85.8 cm³/mol. The number of hydrogen-bond acceptors (Lipinski definition) is 1. The van der Waals surface area contributed by atoms with Gasteiger partial charge in [-0.25, -0.2) is 0 Å². The van der Waals surface area contributed by atoms with E-state index in [9.17, 15) is 5.11 Å². The topological polar surface area (TPSA) is 20.2 Å². The van der Waals surface area contributed by atoms with Crippen molar-refractivity contribution in [3.05, 3.63) is 59.7 Å². The largest absolute Gasteiger partial charge is 0.386 e. The maximum atomic E-state index is 9.98. The third-order valence-electron chi connectivity index (χ3n) is 3.68. The molecule has 0 fully saturated rings. The van der Waals surface area contributed by atoms with Crippen LogP contribution in [-0.4, -0.2) is 5.11 Å². The van der Waals surface area contributed by atoms with Crippen molar-refractivity contribution in [2.24, 2.45) is 0 Å². The Bertz CT molecular complexity index is 508. The highest BCUT2D eigenvalue weighted by atomic mass is 16.3. The van der Waals surface area contributed by atoms with Gasteiger partial charge in [-0.2, -0.15) is 0 Å². The van der Waals surface area contributed by atoms with Crippen LogP contribution in [0, 0.1) is 0 Å². The molecule has 0 unspecified atom stereocenters. The lowest BCUT2D eigenvalue weighted by molar-refractivity contribution is 0.0786. The van der Waals surface area contributed by atoms with Crippen molar-refractivity contribution in [2.75, 3.05) is 0 Å². The molecule has 0 saturated heterocycles. The summed E-state index contributed by atoms with van der Waals surface area (Å²) in [5.74, 6) is 0. The molecule has 0 aliphatic carbocycles. The lowest BCUT2D eigenvalue weighted by Gasteiger charge is -2.20. The fourth-order valence-corrected chi connectivity index (χ4v) is 2.23. The van der Waals surface area contributed by atoms with Gasteiger partial charge < -0.3 is 5.11 Å². The van der Waals surface area contributed by atoms with Crippen LogP contribution < -0.4 is 0 Å². The molecule has 0 aromatic heterocycles. The Hall–Kier alpha value is -1.60.